The van der Waals surface area contributed by atoms with Crippen molar-refractivity contribution in [2.45, 2.75) is 39.5 Å². The van der Waals surface area contributed by atoms with E-state index in [1.54, 1.807) is 0 Å². The lowest BCUT2D eigenvalue weighted by Crippen LogP contribution is -2.03. The predicted molar refractivity (Wildman–Crippen MR) is 111 cm³/mol. The van der Waals surface area contributed by atoms with E-state index in [1.165, 1.54) is 55.6 Å². The molecule has 3 aromatic carbocycles. The van der Waals surface area contributed by atoms with Crippen LogP contribution in [0.5, 0.6) is 0 Å². The monoisotopic (exact) mass is 336 g/mol. The van der Waals surface area contributed by atoms with Gasteiger partial charge in [-0.1, -0.05) is 77.4 Å². The highest BCUT2D eigenvalue weighted by molar-refractivity contribution is 5.80. The van der Waals surface area contributed by atoms with Crippen molar-refractivity contribution in [1.82, 2.24) is 0 Å². The minimum absolute atomic E-state index is 0.460. The summed E-state index contributed by atoms with van der Waals surface area (Å²) in [6, 6.07) is 20.8. The Morgan fingerprint density at radius 2 is 1.46 bits per heavy atom. The summed E-state index contributed by atoms with van der Waals surface area (Å²) in [6.07, 6.45) is 4.59. The van der Waals surface area contributed by atoms with Gasteiger partial charge in [-0.15, -0.1) is 0 Å². The zero-order valence-electron chi connectivity index (χ0n) is 15.8. The summed E-state index contributed by atoms with van der Waals surface area (Å²) >= 11 is 0. The lowest BCUT2D eigenvalue weighted by molar-refractivity contribution is 0.824. The van der Waals surface area contributed by atoms with Gasteiger partial charge in [0.1, 0.15) is 0 Å². The fraction of sp³-hybridized carbons (Fsp3) is 0.231. The van der Waals surface area contributed by atoms with Crippen molar-refractivity contribution >= 4 is 6.08 Å². The maximum Gasteiger partial charge on any atom is 0.0142 e. The topological polar surface area (TPSA) is 0 Å². The van der Waals surface area contributed by atoms with E-state index in [0.717, 1.165) is 12.8 Å². The molecule has 0 fully saturated rings. The molecule has 0 atom stereocenters. The molecule has 3 aromatic rings. The summed E-state index contributed by atoms with van der Waals surface area (Å²) in [4.78, 5) is 0. The molecule has 26 heavy (non-hydrogen) atoms. The maximum absolute atomic E-state index is 2.39. The number of aryl methyl sites for hydroxylation is 2. The second kappa shape index (κ2) is 5.71. The van der Waals surface area contributed by atoms with Crippen molar-refractivity contribution in [3.8, 4) is 11.1 Å². The molecule has 0 saturated carbocycles. The molecule has 0 aliphatic heterocycles. The van der Waals surface area contributed by atoms with E-state index in [-0.39, 0.29) is 0 Å². The fourth-order valence-corrected chi connectivity index (χ4v) is 4.80. The first-order valence-electron chi connectivity index (χ1n) is 9.59. The summed E-state index contributed by atoms with van der Waals surface area (Å²) in [5.41, 5.74) is 14.5. The molecule has 2 aliphatic rings. The van der Waals surface area contributed by atoms with E-state index in [9.17, 15) is 0 Å². The first kappa shape index (κ1) is 15.6. The normalized spacial score (nSPS) is 14.8. The Morgan fingerprint density at radius 1 is 0.808 bits per heavy atom. The zero-order chi connectivity index (χ0) is 17.8. The van der Waals surface area contributed by atoms with Gasteiger partial charge in [0.15, 0.2) is 0 Å². The van der Waals surface area contributed by atoms with E-state index >= 15 is 0 Å². The average Bonchev–Trinajstić information content (AvgIpc) is 3.13. The molecule has 0 heteroatoms. The van der Waals surface area contributed by atoms with E-state index in [0.29, 0.717) is 5.92 Å². The van der Waals surface area contributed by atoms with E-state index < -0.39 is 0 Å². The second-order valence-corrected chi connectivity index (χ2v) is 8.10. The van der Waals surface area contributed by atoms with Crippen LogP contribution in [0.2, 0.25) is 0 Å². The fourth-order valence-electron chi connectivity index (χ4n) is 4.80. The van der Waals surface area contributed by atoms with Gasteiger partial charge in [0.2, 0.25) is 0 Å². The number of hydrogen-bond acceptors (Lipinski definition) is 0. The van der Waals surface area contributed by atoms with Crippen molar-refractivity contribution in [1.29, 1.82) is 0 Å². The molecule has 0 saturated heterocycles. The molecule has 0 bridgehead atoms. The van der Waals surface area contributed by atoms with Crippen LogP contribution < -0.4 is 0 Å². The van der Waals surface area contributed by atoms with E-state index in [1.807, 2.05) is 0 Å². The molecule has 2 aliphatic carbocycles. The van der Waals surface area contributed by atoms with Crippen LogP contribution in [-0.2, 0) is 12.8 Å². The Balaban J connectivity index is 1.65. The van der Waals surface area contributed by atoms with E-state index in [2.05, 4.69) is 81.4 Å². The van der Waals surface area contributed by atoms with Crippen LogP contribution in [0.3, 0.4) is 0 Å². The molecular weight excluding hydrogens is 312 g/mol. The van der Waals surface area contributed by atoms with Gasteiger partial charge in [0.05, 0.1) is 0 Å². The van der Waals surface area contributed by atoms with Crippen LogP contribution in [0.1, 0.15) is 51.8 Å². The van der Waals surface area contributed by atoms with Gasteiger partial charge in [-0.05, 0) is 72.6 Å². The number of fused-ring (bicyclic) bond motifs is 4. The van der Waals surface area contributed by atoms with Gasteiger partial charge >= 0.3 is 0 Å². The lowest BCUT2D eigenvalue weighted by atomic mass is 9.87. The van der Waals surface area contributed by atoms with Crippen molar-refractivity contribution in [2.75, 3.05) is 0 Å². The largest absolute Gasteiger partial charge is 0.0683 e. The highest BCUT2D eigenvalue weighted by Gasteiger charge is 2.29. The molecule has 5 rings (SSSR count). The van der Waals surface area contributed by atoms with Crippen LogP contribution >= 0.6 is 0 Å². The number of allylic oxidation sites excluding steroid dienone is 1. The van der Waals surface area contributed by atoms with Gasteiger partial charge in [-0.3, -0.25) is 0 Å². The molecule has 0 aromatic heterocycles. The van der Waals surface area contributed by atoms with Gasteiger partial charge in [0, 0.05) is 5.92 Å². The molecule has 0 N–H and O–H groups in total. The molecule has 0 radical (unpaired) electrons. The second-order valence-electron chi connectivity index (χ2n) is 8.10. The molecule has 0 amide bonds. The molecular formula is C26H24. The van der Waals surface area contributed by atoms with Crippen LogP contribution in [0.4, 0.5) is 0 Å². The first-order chi connectivity index (χ1) is 12.6. The minimum Gasteiger partial charge on any atom is -0.0683 e. The van der Waals surface area contributed by atoms with Crippen molar-refractivity contribution in [2.24, 2.45) is 0 Å². The van der Waals surface area contributed by atoms with Crippen molar-refractivity contribution < 1.29 is 0 Å². The Hall–Kier alpha value is -2.60. The summed E-state index contributed by atoms with van der Waals surface area (Å²) in [6.45, 7) is 6.64. The smallest absolute Gasteiger partial charge is 0.0142 e. The summed E-state index contributed by atoms with van der Waals surface area (Å²) < 4.78 is 0. The highest BCUT2D eigenvalue weighted by atomic mass is 14.3. The number of benzene rings is 3. The Kier molecular flexibility index (Phi) is 3.43. The molecule has 128 valence electrons. The first-order valence-corrected chi connectivity index (χ1v) is 9.59. The van der Waals surface area contributed by atoms with Gasteiger partial charge < -0.3 is 0 Å². The molecule has 0 heterocycles. The number of rotatable bonds is 2. The predicted octanol–water partition coefficient (Wildman–Crippen LogP) is 6.62. The quantitative estimate of drug-likeness (QED) is 0.493. The lowest BCUT2D eigenvalue weighted by Gasteiger charge is -2.16. The molecule has 0 nitrogen and oxygen atoms in total. The van der Waals surface area contributed by atoms with Crippen LogP contribution in [0.15, 0.2) is 60.2 Å². The molecule has 0 unspecified atom stereocenters. The summed E-state index contributed by atoms with van der Waals surface area (Å²) in [5, 5.41) is 0. The Bertz CT molecular complexity index is 1010. The van der Waals surface area contributed by atoms with Crippen molar-refractivity contribution in [3.05, 3.63) is 99.1 Å². The van der Waals surface area contributed by atoms with Gasteiger partial charge in [0.25, 0.3) is 0 Å². The maximum atomic E-state index is 2.39. The molecule has 0 spiro atoms. The Labute approximate surface area is 156 Å². The van der Waals surface area contributed by atoms with Gasteiger partial charge in [-0.2, -0.15) is 0 Å². The average molecular weight is 336 g/mol. The summed E-state index contributed by atoms with van der Waals surface area (Å²) in [5.74, 6) is 0.460. The van der Waals surface area contributed by atoms with Crippen LogP contribution in [0, 0.1) is 13.8 Å². The third-order valence-corrected chi connectivity index (χ3v) is 6.03. The minimum atomic E-state index is 0.460. The standard InChI is InChI=1S/C26H24/c1-16-7-9-21-24(12-16)25-13-17(2)8-10-22(25)26(21)15-20-6-4-5-19-11-18(3)14-23(19)20/h4-10,12-14,26H,11,15H2,1-3H3. The highest BCUT2D eigenvalue weighted by Crippen LogP contribution is 2.47. The van der Waals surface area contributed by atoms with Crippen molar-refractivity contribution in [3.63, 3.8) is 0 Å². The third kappa shape index (κ3) is 2.36. The van der Waals surface area contributed by atoms with E-state index in [4.69, 9.17) is 0 Å². The Morgan fingerprint density at radius 3 is 2.12 bits per heavy atom. The number of hydrogen-bond donors (Lipinski definition) is 0. The zero-order valence-corrected chi connectivity index (χ0v) is 15.8. The van der Waals surface area contributed by atoms with Crippen LogP contribution in [0.25, 0.3) is 17.2 Å². The van der Waals surface area contributed by atoms with Gasteiger partial charge in [-0.25, -0.2) is 0 Å². The van der Waals surface area contributed by atoms with Crippen LogP contribution in [-0.4, -0.2) is 0 Å². The third-order valence-electron chi connectivity index (χ3n) is 6.03. The summed E-state index contributed by atoms with van der Waals surface area (Å²) in [7, 11) is 0. The SMILES string of the molecule is CC1=Cc2c(cccc2CC2c3ccc(C)cc3-c3cc(C)ccc32)C1.